The second-order valence-corrected chi connectivity index (χ2v) is 7.52. The van der Waals surface area contributed by atoms with Crippen LogP contribution in [0.5, 0.6) is 5.75 Å². The number of hydrogen-bond donors (Lipinski definition) is 1. The van der Waals surface area contributed by atoms with E-state index < -0.39 is 0 Å². The minimum atomic E-state index is -0.256. The zero-order chi connectivity index (χ0) is 19.1. The molecule has 136 valence electrons. The van der Waals surface area contributed by atoms with Crippen LogP contribution < -0.4 is 10.2 Å². The van der Waals surface area contributed by atoms with Gasteiger partial charge in [-0.2, -0.15) is 5.10 Å². The highest BCUT2D eigenvalue weighted by molar-refractivity contribution is 9.10. The molecule has 1 N–H and O–H groups in total. The monoisotopic (exact) mass is 486 g/mol. The molecular weight excluding hydrogens is 472 g/mol. The van der Waals surface area contributed by atoms with E-state index in [1.165, 1.54) is 0 Å². The summed E-state index contributed by atoms with van der Waals surface area (Å²) in [6.07, 6.45) is 1.59. The van der Waals surface area contributed by atoms with Gasteiger partial charge in [0.2, 0.25) is 0 Å². The Bertz CT molecular complexity index is 922. The van der Waals surface area contributed by atoms with Gasteiger partial charge in [0.25, 0.3) is 5.91 Å². The van der Waals surface area contributed by atoms with E-state index in [1.54, 1.807) is 18.3 Å². The number of carbonyl (C=O) groups is 1. The van der Waals surface area contributed by atoms with Crippen LogP contribution in [0.2, 0.25) is 0 Å². The number of amides is 1. The molecule has 0 saturated carbocycles. The highest BCUT2D eigenvalue weighted by Crippen LogP contribution is 2.15. The van der Waals surface area contributed by atoms with Crippen LogP contribution in [0.15, 0.2) is 86.8 Å². The smallest absolute Gasteiger partial charge is 0.271 e. The minimum absolute atomic E-state index is 0.256. The molecule has 0 bridgehead atoms. The summed E-state index contributed by atoms with van der Waals surface area (Å²) in [6.45, 7) is 0.504. The number of hydrogen-bond acceptors (Lipinski definition) is 3. The van der Waals surface area contributed by atoms with Crippen LogP contribution in [0, 0.1) is 0 Å². The van der Waals surface area contributed by atoms with Gasteiger partial charge in [-0.3, -0.25) is 4.79 Å². The lowest BCUT2D eigenvalue weighted by molar-refractivity contribution is 0.0955. The van der Waals surface area contributed by atoms with Crippen LogP contribution >= 0.6 is 31.9 Å². The lowest BCUT2D eigenvalue weighted by Crippen LogP contribution is -2.17. The Morgan fingerprint density at radius 2 is 1.48 bits per heavy atom. The maximum absolute atomic E-state index is 12.0. The van der Waals surface area contributed by atoms with E-state index in [9.17, 15) is 4.79 Å². The van der Waals surface area contributed by atoms with Crippen LogP contribution in [-0.2, 0) is 6.61 Å². The predicted octanol–water partition coefficient (Wildman–Crippen LogP) is 5.55. The Hall–Kier alpha value is -2.44. The molecule has 0 saturated heterocycles. The molecule has 0 aromatic heterocycles. The molecule has 3 rings (SSSR count). The molecule has 0 heterocycles. The van der Waals surface area contributed by atoms with Crippen molar-refractivity contribution < 1.29 is 9.53 Å². The second-order valence-electron chi connectivity index (χ2n) is 5.69. The zero-order valence-corrected chi connectivity index (χ0v) is 17.4. The highest BCUT2D eigenvalue weighted by Gasteiger charge is 2.03. The molecule has 0 atom stereocenters. The van der Waals surface area contributed by atoms with E-state index in [2.05, 4.69) is 42.4 Å². The average Bonchev–Trinajstić information content (AvgIpc) is 2.69. The van der Waals surface area contributed by atoms with E-state index >= 15 is 0 Å². The zero-order valence-electron chi connectivity index (χ0n) is 14.2. The Labute approximate surface area is 174 Å². The maximum Gasteiger partial charge on any atom is 0.271 e. The van der Waals surface area contributed by atoms with E-state index in [0.29, 0.717) is 12.2 Å². The first kappa shape index (κ1) is 19.3. The van der Waals surface area contributed by atoms with E-state index in [4.69, 9.17) is 4.74 Å². The number of nitrogens with one attached hydrogen (secondary N) is 1. The van der Waals surface area contributed by atoms with Crippen LogP contribution in [0.4, 0.5) is 0 Å². The van der Waals surface area contributed by atoms with Gasteiger partial charge in [0.1, 0.15) is 12.4 Å². The first-order chi connectivity index (χ1) is 13.1. The third-order valence-electron chi connectivity index (χ3n) is 3.68. The van der Waals surface area contributed by atoms with Crippen molar-refractivity contribution in [1.29, 1.82) is 0 Å². The first-order valence-electron chi connectivity index (χ1n) is 8.16. The van der Waals surface area contributed by atoms with E-state index in [1.807, 2.05) is 60.7 Å². The number of nitrogens with zero attached hydrogens (tertiary/aromatic N) is 1. The highest BCUT2D eigenvalue weighted by atomic mass is 79.9. The molecule has 1 amide bonds. The fraction of sp³-hybridized carbons (Fsp3) is 0.0476. The largest absolute Gasteiger partial charge is 0.489 e. The lowest BCUT2D eigenvalue weighted by atomic mass is 10.2. The summed E-state index contributed by atoms with van der Waals surface area (Å²) in [6, 6.07) is 22.6. The average molecular weight is 488 g/mol. The van der Waals surface area contributed by atoms with Gasteiger partial charge in [-0.1, -0.05) is 44.0 Å². The van der Waals surface area contributed by atoms with Crippen LogP contribution in [0.1, 0.15) is 21.5 Å². The quantitative estimate of drug-likeness (QED) is 0.365. The Morgan fingerprint density at radius 1 is 0.889 bits per heavy atom. The van der Waals surface area contributed by atoms with Gasteiger partial charge in [0.15, 0.2) is 0 Å². The molecule has 4 nitrogen and oxygen atoms in total. The third kappa shape index (κ3) is 6.05. The molecule has 0 unspecified atom stereocenters. The second kappa shape index (κ2) is 9.48. The van der Waals surface area contributed by atoms with Crippen LogP contribution in [0.25, 0.3) is 0 Å². The van der Waals surface area contributed by atoms with E-state index in [0.717, 1.165) is 25.8 Å². The number of carbonyl (C=O) groups excluding carboxylic acids is 1. The summed E-state index contributed by atoms with van der Waals surface area (Å²) in [5.41, 5.74) is 5.02. The summed E-state index contributed by atoms with van der Waals surface area (Å²) in [5.74, 6) is 0.516. The molecule has 0 aliphatic carbocycles. The van der Waals surface area contributed by atoms with Crippen molar-refractivity contribution in [2.45, 2.75) is 6.61 Å². The maximum atomic E-state index is 12.0. The van der Waals surface area contributed by atoms with Crippen molar-refractivity contribution in [3.63, 3.8) is 0 Å². The van der Waals surface area contributed by atoms with Gasteiger partial charge in [0, 0.05) is 14.5 Å². The number of halogens is 2. The third-order valence-corrected chi connectivity index (χ3v) is 4.74. The van der Waals surface area contributed by atoms with Gasteiger partial charge in [0.05, 0.1) is 6.21 Å². The number of benzene rings is 3. The Balaban J connectivity index is 1.50. The molecule has 3 aromatic carbocycles. The Kier molecular flexibility index (Phi) is 6.79. The molecular formula is C21H16Br2N2O2. The van der Waals surface area contributed by atoms with Gasteiger partial charge in [-0.15, -0.1) is 0 Å². The molecule has 27 heavy (non-hydrogen) atoms. The summed E-state index contributed by atoms with van der Waals surface area (Å²) < 4.78 is 7.73. The van der Waals surface area contributed by atoms with Crippen LogP contribution in [-0.4, -0.2) is 12.1 Å². The van der Waals surface area contributed by atoms with Crippen LogP contribution in [0.3, 0.4) is 0 Å². The summed E-state index contributed by atoms with van der Waals surface area (Å²) >= 11 is 6.75. The minimum Gasteiger partial charge on any atom is -0.489 e. The standard InChI is InChI=1S/C21H16Br2N2O2/c22-18-7-1-16(2-8-18)14-27-20-11-3-15(4-12-20)13-24-25-21(26)17-5-9-19(23)10-6-17/h1-13H,14H2,(H,25,26)/b24-13-. The molecule has 6 heteroatoms. The number of ether oxygens (including phenoxy) is 1. The van der Waals surface area contributed by atoms with Crippen molar-refractivity contribution >= 4 is 44.0 Å². The van der Waals surface area contributed by atoms with Gasteiger partial charge < -0.3 is 4.74 Å². The fourth-order valence-corrected chi connectivity index (χ4v) is 2.76. The number of rotatable bonds is 6. The summed E-state index contributed by atoms with van der Waals surface area (Å²) in [4.78, 5) is 12.0. The SMILES string of the molecule is O=C(N/N=C\c1ccc(OCc2ccc(Br)cc2)cc1)c1ccc(Br)cc1. The van der Waals surface area contributed by atoms with Gasteiger partial charge in [-0.05, 0) is 71.8 Å². The fourth-order valence-electron chi connectivity index (χ4n) is 2.23. The van der Waals surface area contributed by atoms with Gasteiger partial charge >= 0.3 is 0 Å². The lowest BCUT2D eigenvalue weighted by Gasteiger charge is -2.06. The molecule has 0 aliphatic rings. The molecule has 0 fully saturated rings. The van der Waals surface area contributed by atoms with E-state index in [-0.39, 0.29) is 5.91 Å². The normalized spacial score (nSPS) is 10.7. The van der Waals surface area contributed by atoms with Crippen molar-refractivity contribution in [1.82, 2.24) is 5.43 Å². The molecule has 0 radical (unpaired) electrons. The topological polar surface area (TPSA) is 50.7 Å². The molecule has 0 spiro atoms. The molecule has 0 aliphatic heterocycles. The predicted molar refractivity (Wildman–Crippen MR) is 114 cm³/mol. The first-order valence-corrected chi connectivity index (χ1v) is 9.75. The Morgan fingerprint density at radius 3 is 2.11 bits per heavy atom. The van der Waals surface area contributed by atoms with Crippen molar-refractivity contribution in [2.24, 2.45) is 5.10 Å². The summed E-state index contributed by atoms with van der Waals surface area (Å²) in [7, 11) is 0. The molecule has 3 aromatic rings. The summed E-state index contributed by atoms with van der Waals surface area (Å²) in [5, 5.41) is 3.99. The van der Waals surface area contributed by atoms with Crippen molar-refractivity contribution in [2.75, 3.05) is 0 Å². The van der Waals surface area contributed by atoms with Crippen molar-refractivity contribution in [3.8, 4) is 5.75 Å². The van der Waals surface area contributed by atoms with Gasteiger partial charge in [-0.25, -0.2) is 5.43 Å². The number of hydrazone groups is 1. The van der Waals surface area contributed by atoms with Crippen molar-refractivity contribution in [3.05, 3.63) is 98.4 Å².